The molecule has 0 bridgehead atoms. The topological polar surface area (TPSA) is 69.3 Å². The third-order valence-corrected chi connectivity index (χ3v) is 3.94. The highest BCUT2D eigenvalue weighted by Gasteiger charge is 2.15. The van der Waals surface area contributed by atoms with Crippen molar-refractivity contribution in [3.8, 4) is 5.75 Å². The molecule has 0 atom stereocenters. The van der Waals surface area contributed by atoms with Gasteiger partial charge in [0.15, 0.2) is 5.76 Å². The van der Waals surface area contributed by atoms with E-state index in [1.54, 1.807) is 12.3 Å². The predicted molar refractivity (Wildman–Crippen MR) is 93.5 cm³/mol. The number of carbonyl (C=O) groups is 1. The molecule has 0 saturated heterocycles. The van der Waals surface area contributed by atoms with Crippen molar-refractivity contribution < 1.29 is 13.9 Å². The molecule has 0 aliphatic carbocycles. The number of aromatic nitrogens is 2. The number of rotatable bonds is 7. The summed E-state index contributed by atoms with van der Waals surface area (Å²) in [7, 11) is 0. The second-order valence-corrected chi connectivity index (χ2v) is 5.78. The van der Waals surface area contributed by atoms with Gasteiger partial charge in [0, 0.05) is 25.5 Å². The van der Waals surface area contributed by atoms with Crippen LogP contribution >= 0.6 is 0 Å². The van der Waals surface area contributed by atoms with Crippen LogP contribution in [0.2, 0.25) is 0 Å². The van der Waals surface area contributed by atoms with Gasteiger partial charge in [0.2, 0.25) is 0 Å². The molecule has 0 spiro atoms. The Morgan fingerprint density at radius 1 is 1.24 bits per heavy atom. The molecule has 1 N–H and O–H groups in total. The maximum absolute atomic E-state index is 12.3. The van der Waals surface area contributed by atoms with Gasteiger partial charge < -0.3 is 19.0 Å². The summed E-state index contributed by atoms with van der Waals surface area (Å²) in [5.74, 6) is 2.00. The van der Waals surface area contributed by atoms with Crippen LogP contribution in [0, 0.1) is 13.8 Å². The molecule has 0 fully saturated rings. The van der Waals surface area contributed by atoms with Gasteiger partial charge in [0.05, 0.1) is 11.8 Å². The number of hydrogen-bond acceptors (Lipinski definition) is 4. The quantitative estimate of drug-likeness (QED) is 0.718. The van der Waals surface area contributed by atoms with Gasteiger partial charge in [-0.1, -0.05) is 17.7 Å². The van der Waals surface area contributed by atoms with E-state index in [4.69, 9.17) is 9.15 Å². The van der Waals surface area contributed by atoms with E-state index in [-0.39, 0.29) is 12.5 Å². The summed E-state index contributed by atoms with van der Waals surface area (Å²) < 4.78 is 13.1. The van der Waals surface area contributed by atoms with Gasteiger partial charge >= 0.3 is 0 Å². The lowest BCUT2D eigenvalue weighted by molar-refractivity contribution is 0.0947. The first kappa shape index (κ1) is 16.8. The van der Waals surface area contributed by atoms with Crippen molar-refractivity contribution in [1.82, 2.24) is 14.9 Å². The van der Waals surface area contributed by atoms with Crippen LogP contribution in [0.5, 0.6) is 5.75 Å². The Labute approximate surface area is 146 Å². The molecule has 6 nitrogen and oxygen atoms in total. The van der Waals surface area contributed by atoms with E-state index >= 15 is 0 Å². The molecule has 0 unspecified atom stereocenters. The third kappa shape index (κ3) is 4.29. The van der Waals surface area contributed by atoms with Crippen molar-refractivity contribution in [2.24, 2.45) is 0 Å². The average molecular weight is 339 g/mol. The number of carbonyl (C=O) groups excluding carboxylic acids is 1. The predicted octanol–water partition coefficient (Wildman–Crippen LogP) is 3.10. The molecule has 0 radical (unpaired) electrons. The van der Waals surface area contributed by atoms with E-state index in [0.29, 0.717) is 24.4 Å². The minimum Gasteiger partial charge on any atom is -0.486 e. The van der Waals surface area contributed by atoms with E-state index in [1.165, 1.54) is 11.8 Å². The van der Waals surface area contributed by atoms with E-state index < -0.39 is 0 Å². The summed E-state index contributed by atoms with van der Waals surface area (Å²) in [5, 5.41) is 2.89. The number of aryl methyl sites for hydroxylation is 2. The van der Waals surface area contributed by atoms with Gasteiger partial charge in [-0.05, 0) is 32.0 Å². The first-order valence-corrected chi connectivity index (χ1v) is 8.15. The number of furan rings is 1. The van der Waals surface area contributed by atoms with Crippen LogP contribution in [-0.4, -0.2) is 22.0 Å². The van der Waals surface area contributed by atoms with Crippen molar-refractivity contribution in [1.29, 1.82) is 0 Å². The van der Waals surface area contributed by atoms with Crippen molar-refractivity contribution in [3.63, 3.8) is 0 Å². The Bertz CT molecular complexity index is 834. The Hall–Kier alpha value is -3.02. The van der Waals surface area contributed by atoms with E-state index in [0.717, 1.165) is 11.6 Å². The lowest BCUT2D eigenvalue weighted by Gasteiger charge is -2.08. The van der Waals surface area contributed by atoms with Crippen LogP contribution in [0.25, 0.3) is 0 Å². The van der Waals surface area contributed by atoms with E-state index in [9.17, 15) is 4.79 Å². The highest BCUT2D eigenvalue weighted by atomic mass is 16.5. The normalized spacial score (nSPS) is 10.6. The molecule has 130 valence electrons. The lowest BCUT2D eigenvalue weighted by atomic mass is 10.2. The van der Waals surface area contributed by atoms with Gasteiger partial charge in [-0.2, -0.15) is 0 Å². The Kier molecular flexibility index (Phi) is 5.18. The van der Waals surface area contributed by atoms with E-state index in [1.807, 2.05) is 48.9 Å². The maximum Gasteiger partial charge on any atom is 0.255 e. The zero-order chi connectivity index (χ0) is 17.6. The van der Waals surface area contributed by atoms with Crippen molar-refractivity contribution in [2.45, 2.75) is 27.0 Å². The fourth-order valence-electron chi connectivity index (χ4n) is 2.46. The highest BCUT2D eigenvalue weighted by molar-refractivity contribution is 5.95. The number of imidazole rings is 1. The smallest absolute Gasteiger partial charge is 0.255 e. The second-order valence-electron chi connectivity index (χ2n) is 5.78. The third-order valence-electron chi connectivity index (χ3n) is 3.94. The van der Waals surface area contributed by atoms with Gasteiger partial charge in [-0.15, -0.1) is 0 Å². The van der Waals surface area contributed by atoms with E-state index in [2.05, 4.69) is 10.3 Å². The molecular weight excluding hydrogens is 318 g/mol. The number of benzene rings is 1. The average Bonchev–Trinajstić information content (AvgIpc) is 3.23. The Morgan fingerprint density at radius 2 is 2.04 bits per heavy atom. The maximum atomic E-state index is 12.3. The van der Waals surface area contributed by atoms with Crippen molar-refractivity contribution >= 4 is 5.91 Å². The largest absolute Gasteiger partial charge is 0.486 e. The summed E-state index contributed by atoms with van der Waals surface area (Å²) >= 11 is 0. The number of nitrogens with one attached hydrogen (secondary N) is 1. The lowest BCUT2D eigenvalue weighted by Crippen LogP contribution is -2.27. The zero-order valence-electron chi connectivity index (χ0n) is 14.4. The molecule has 6 heteroatoms. The minimum atomic E-state index is -0.172. The first-order valence-electron chi connectivity index (χ1n) is 8.15. The van der Waals surface area contributed by atoms with Crippen LogP contribution in [0.1, 0.15) is 27.5 Å². The monoisotopic (exact) mass is 339 g/mol. The number of ether oxygens (including phenoxy) is 1. The van der Waals surface area contributed by atoms with Gasteiger partial charge in [-0.25, -0.2) is 4.98 Å². The SMILES string of the molecule is Cc1ccc(OCc2occc2C(=O)NCCn2ccnc2C)cc1. The summed E-state index contributed by atoms with van der Waals surface area (Å²) in [6, 6.07) is 9.40. The Morgan fingerprint density at radius 3 is 2.76 bits per heavy atom. The molecular formula is C19H21N3O3. The highest BCUT2D eigenvalue weighted by Crippen LogP contribution is 2.16. The van der Waals surface area contributed by atoms with Gasteiger partial charge in [-0.3, -0.25) is 4.79 Å². The molecule has 25 heavy (non-hydrogen) atoms. The molecule has 0 aliphatic heterocycles. The summed E-state index contributed by atoms with van der Waals surface area (Å²) in [4.78, 5) is 16.5. The summed E-state index contributed by atoms with van der Waals surface area (Å²) in [5.41, 5.74) is 1.66. The molecule has 2 heterocycles. The van der Waals surface area contributed by atoms with Crippen LogP contribution in [0.4, 0.5) is 0 Å². The fraction of sp³-hybridized carbons (Fsp3) is 0.263. The second kappa shape index (κ2) is 7.70. The first-order chi connectivity index (χ1) is 12.1. The summed E-state index contributed by atoms with van der Waals surface area (Å²) in [6.07, 6.45) is 5.14. The molecule has 2 aromatic heterocycles. The number of hydrogen-bond donors (Lipinski definition) is 1. The van der Waals surface area contributed by atoms with Crippen molar-refractivity contribution in [3.05, 3.63) is 71.7 Å². The molecule has 1 aromatic carbocycles. The minimum absolute atomic E-state index is 0.172. The van der Waals surface area contributed by atoms with Crippen LogP contribution in [-0.2, 0) is 13.2 Å². The zero-order valence-corrected chi connectivity index (χ0v) is 14.4. The number of amides is 1. The fourth-order valence-corrected chi connectivity index (χ4v) is 2.46. The van der Waals surface area contributed by atoms with Crippen molar-refractivity contribution in [2.75, 3.05) is 6.54 Å². The molecule has 1 amide bonds. The molecule has 0 aliphatic rings. The van der Waals surface area contributed by atoms with Crippen LogP contribution in [0.15, 0.2) is 53.4 Å². The number of nitrogens with zero attached hydrogens (tertiary/aromatic N) is 2. The molecule has 3 rings (SSSR count). The van der Waals surface area contributed by atoms with Crippen LogP contribution in [0.3, 0.4) is 0 Å². The van der Waals surface area contributed by atoms with Gasteiger partial charge in [0.25, 0.3) is 5.91 Å². The van der Waals surface area contributed by atoms with Gasteiger partial charge in [0.1, 0.15) is 18.2 Å². The van der Waals surface area contributed by atoms with Crippen LogP contribution < -0.4 is 10.1 Å². The standard InChI is InChI=1S/C19H21N3O3/c1-14-3-5-16(6-4-14)25-13-18-17(7-12-24-18)19(23)21-9-11-22-10-8-20-15(22)2/h3-8,10,12H,9,11,13H2,1-2H3,(H,21,23). The Balaban J connectivity index is 1.54. The molecule has 0 saturated carbocycles. The summed E-state index contributed by atoms with van der Waals surface area (Å²) in [6.45, 7) is 5.34. The molecule has 3 aromatic rings.